The Morgan fingerprint density at radius 3 is 2.68 bits per heavy atom. The van der Waals surface area contributed by atoms with Gasteiger partial charge in [-0.3, -0.25) is 0 Å². The van der Waals surface area contributed by atoms with E-state index in [0.717, 1.165) is 5.56 Å². The van der Waals surface area contributed by atoms with Gasteiger partial charge in [-0.2, -0.15) is 0 Å². The molecule has 0 spiro atoms. The van der Waals surface area contributed by atoms with Gasteiger partial charge in [-0.15, -0.1) is 0 Å². The van der Waals surface area contributed by atoms with Gasteiger partial charge in [0.05, 0.1) is 0 Å². The Morgan fingerprint density at radius 1 is 1.23 bits per heavy atom. The molecule has 1 aromatic heterocycles. The van der Waals surface area contributed by atoms with E-state index in [2.05, 4.69) is 0 Å². The minimum Gasteiger partial charge on any atom is -0.508 e. The van der Waals surface area contributed by atoms with Gasteiger partial charge in [-0.05, 0) is 25.0 Å². The second-order valence-corrected chi connectivity index (χ2v) is 4.72. The quantitative estimate of drug-likeness (QED) is 0.650. The number of benzene rings is 1. The molecule has 2 rings (SSSR count). The molecule has 1 N–H and O–H groups in total. The van der Waals surface area contributed by atoms with Crippen LogP contribution in [0.15, 0.2) is 27.4 Å². The number of aryl methyl sites for hydroxylation is 1. The average Bonchev–Trinajstić information content (AvgIpc) is 2.49. The normalized spacial score (nSPS) is 10.8. The molecule has 0 fully saturated rings. The van der Waals surface area contributed by atoms with E-state index in [1.54, 1.807) is 13.0 Å². The summed E-state index contributed by atoms with van der Waals surface area (Å²) in [6.07, 6.45) is 0.629. The molecule has 1 heterocycles. The van der Waals surface area contributed by atoms with Crippen molar-refractivity contribution in [1.82, 2.24) is 0 Å². The summed E-state index contributed by atoms with van der Waals surface area (Å²) in [4.78, 5) is 23.1. The summed E-state index contributed by atoms with van der Waals surface area (Å²) in [5.41, 5.74) is 0.958. The number of rotatable bonds is 6. The van der Waals surface area contributed by atoms with Crippen LogP contribution in [0.2, 0.25) is 0 Å². The molecule has 0 radical (unpaired) electrons. The lowest BCUT2D eigenvalue weighted by Crippen LogP contribution is -2.13. The summed E-state index contributed by atoms with van der Waals surface area (Å²) in [6.45, 7) is 3.93. The number of esters is 1. The second kappa shape index (κ2) is 7.09. The Kier molecular flexibility index (Phi) is 5.16. The lowest BCUT2D eigenvalue weighted by atomic mass is 10.0. The number of hydrogen-bond acceptors (Lipinski definition) is 6. The molecule has 0 amide bonds. The average molecular weight is 306 g/mol. The SMILES string of the molecule is CCOCC(=O)OCc1cc(=O)oc2cc(O)c(CC)cc12. The number of phenolic OH excluding ortho intramolecular Hbond substituents is 1. The molecule has 0 atom stereocenters. The van der Waals surface area contributed by atoms with Crippen LogP contribution in [-0.4, -0.2) is 24.3 Å². The van der Waals surface area contributed by atoms with Crippen molar-refractivity contribution < 1.29 is 23.8 Å². The summed E-state index contributed by atoms with van der Waals surface area (Å²) in [6, 6.07) is 4.42. The zero-order valence-electron chi connectivity index (χ0n) is 12.5. The maximum Gasteiger partial charge on any atom is 0.336 e. The third-order valence-corrected chi connectivity index (χ3v) is 3.22. The zero-order valence-corrected chi connectivity index (χ0v) is 12.5. The molecular weight excluding hydrogens is 288 g/mol. The topological polar surface area (TPSA) is 86.0 Å². The van der Waals surface area contributed by atoms with Crippen LogP contribution in [0.5, 0.6) is 5.75 Å². The molecule has 0 aliphatic carbocycles. The minimum atomic E-state index is -0.563. The first-order chi connectivity index (χ1) is 10.5. The third kappa shape index (κ3) is 3.65. The summed E-state index contributed by atoms with van der Waals surface area (Å²) in [7, 11) is 0. The van der Waals surface area contributed by atoms with Crippen molar-refractivity contribution in [1.29, 1.82) is 0 Å². The van der Waals surface area contributed by atoms with Crippen LogP contribution in [0.4, 0.5) is 0 Å². The molecule has 0 aliphatic rings. The zero-order chi connectivity index (χ0) is 16.1. The van der Waals surface area contributed by atoms with E-state index in [1.165, 1.54) is 12.1 Å². The Labute approximate surface area is 127 Å². The molecular formula is C16H18O6. The molecule has 0 saturated heterocycles. The summed E-state index contributed by atoms with van der Waals surface area (Å²) in [5.74, 6) is -0.429. The molecule has 22 heavy (non-hydrogen) atoms. The van der Waals surface area contributed by atoms with Crippen LogP contribution in [0.1, 0.15) is 25.0 Å². The van der Waals surface area contributed by atoms with Crippen LogP contribution < -0.4 is 5.63 Å². The number of ether oxygens (including phenoxy) is 2. The van der Waals surface area contributed by atoms with Crippen molar-refractivity contribution in [3.63, 3.8) is 0 Å². The Bertz CT molecular complexity index is 731. The number of carbonyl (C=O) groups excluding carboxylic acids is 1. The maximum absolute atomic E-state index is 11.6. The Hall–Kier alpha value is -2.34. The van der Waals surface area contributed by atoms with Crippen LogP contribution in [0.25, 0.3) is 11.0 Å². The first-order valence-corrected chi connectivity index (χ1v) is 7.07. The van der Waals surface area contributed by atoms with Crippen LogP contribution in [0, 0.1) is 0 Å². The lowest BCUT2D eigenvalue weighted by Gasteiger charge is -2.09. The second-order valence-electron chi connectivity index (χ2n) is 4.72. The highest BCUT2D eigenvalue weighted by molar-refractivity contribution is 5.83. The number of aromatic hydroxyl groups is 1. The van der Waals surface area contributed by atoms with Gasteiger partial charge in [0.1, 0.15) is 24.5 Å². The fourth-order valence-corrected chi connectivity index (χ4v) is 2.10. The molecule has 0 bridgehead atoms. The van der Waals surface area contributed by atoms with Gasteiger partial charge in [-0.1, -0.05) is 6.92 Å². The smallest absolute Gasteiger partial charge is 0.336 e. The van der Waals surface area contributed by atoms with Crippen molar-refractivity contribution in [3.8, 4) is 5.75 Å². The van der Waals surface area contributed by atoms with E-state index >= 15 is 0 Å². The van der Waals surface area contributed by atoms with Crippen molar-refractivity contribution in [3.05, 3.63) is 39.7 Å². The molecule has 6 nitrogen and oxygen atoms in total. The fraction of sp³-hybridized carbons (Fsp3) is 0.375. The summed E-state index contributed by atoms with van der Waals surface area (Å²) in [5, 5.41) is 10.5. The fourth-order valence-electron chi connectivity index (χ4n) is 2.10. The molecule has 0 unspecified atom stereocenters. The molecule has 0 aliphatic heterocycles. The van der Waals surface area contributed by atoms with Crippen molar-refractivity contribution in [2.24, 2.45) is 0 Å². The molecule has 0 saturated carbocycles. The summed E-state index contributed by atoms with van der Waals surface area (Å²) < 4.78 is 15.1. The van der Waals surface area contributed by atoms with Gasteiger partial charge in [0.15, 0.2) is 0 Å². The molecule has 118 valence electrons. The number of carbonyl (C=O) groups is 1. The van der Waals surface area contributed by atoms with Crippen LogP contribution in [-0.2, 0) is 27.3 Å². The number of fused-ring (bicyclic) bond motifs is 1. The predicted molar refractivity (Wildman–Crippen MR) is 79.8 cm³/mol. The highest BCUT2D eigenvalue weighted by atomic mass is 16.6. The number of hydrogen-bond donors (Lipinski definition) is 1. The molecule has 2 aromatic rings. The predicted octanol–water partition coefficient (Wildman–Crippen LogP) is 2.14. The summed E-state index contributed by atoms with van der Waals surface area (Å²) >= 11 is 0. The van der Waals surface area contributed by atoms with Crippen molar-refractivity contribution in [2.45, 2.75) is 26.9 Å². The van der Waals surface area contributed by atoms with E-state index in [4.69, 9.17) is 13.9 Å². The van der Waals surface area contributed by atoms with E-state index in [9.17, 15) is 14.7 Å². The monoisotopic (exact) mass is 306 g/mol. The van der Waals surface area contributed by atoms with Crippen LogP contribution >= 0.6 is 0 Å². The van der Waals surface area contributed by atoms with E-state index < -0.39 is 11.6 Å². The van der Waals surface area contributed by atoms with Crippen LogP contribution in [0.3, 0.4) is 0 Å². The third-order valence-electron chi connectivity index (χ3n) is 3.22. The van der Waals surface area contributed by atoms with Crippen molar-refractivity contribution in [2.75, 3.05) is 13.2 Å². The highest BCUT2D eigenvalue weighted by Gasteiger charge is 2.12. The lowest BCUT2D eigenvalue weighted by molar-refractivity contribution is -0.150. The van der Waals surface area contributed by atoms with E-state index in [1.807, 2.05) is 6.92 Å². The Morgan fingerprint density at radius 2 is 2.00 bits per heavy atom. The molecule has 1 aromatic carbocycles. The van der Waals surface area contributed by atoms with Crippen molar-refractivity contribution >= 4 is 16.9 Å². The highest BCUT2D eigenvalue weighted by Crippen LogP contribution is 2.27. The largest absolute Gasteiger partial charge is 0.508 e. The van der Waals surface area contributed by atoms with Gasteiger partial charge in [-0.25, -0.2) is 9.59 Å². The van der Waals surface area contributed by atoms with Gasteiger partial charge >= 0.3 is 11.6 Å². The van der Waals surface area contributed by atoms with E-state index in [0.29, 0.717) is 24.0 Å². The van der Waals surface area contributed by atoms with Gasteiger partial charge < -0.3 is 19.0 Å². The number of phenols is 1. The van der Waals surface area contributed by atoms with Gasteiger partial charge in [0.25, 0.3) is 0 Å². The minimum absolute atomic E-state index is 0.0536. The van der Waals surface area contributed by atoms with E-state index in [-0.39, 0.29) is 24.5 Å². The standard InChI is InChI=1S/C16H18O6/c1-3-10-5-12-11(8-21-16(19)9-20-4-2)6-15(18)22-14(12)7-13(10)17/h5-7,17H,3-4,8-9H2,1-2H3. The first kappa shape index (κ1) is 16.0. The first-order valence-electron chi connectivity index (χ1n) is 7.07. The maximum atomic E-state index is 11.6. The van der Waals surface area contributed by atoms with Gasteiger partial charge in [0.2, 0.25) is 0 Å². The Balaban J connectivity index is 2.32. The van der Waals surface area contributed by atoms with Gasteiger partial charge in [0, 0.05) is 29.7 Å². The molecule has 6 heteroatoms.